The first-order chi connectivity index (χ1) is 10.6. The molecule has 0 radical (unpaired) electrons. The van der Waals surface area contributed by atoms with Crippen molar-refractivity contribution in [1.29, 1.82) is 0 Å². The lowest BCUT2D eigenvalue weighted by molar-refractivity contribution is -0.308. The second-order valence-corrected chi connectivity index (χ2v) is 6.40. The van der Waals surface area contributed by atoms with Crippen LogP contribution in [0.1, 0.15) is 5.56 Å². The van der Waals surface area contributed by atoms with Crippen LogP contribution in [0.15, 0.2) is 70.2 Å². The van der Waals surface area contributed by atoms with Crippen molar-refractivity contribution in [3.63, 3.8) is 0 Å². The fraction of sp³-hybridized carbons (Fsp3) is 0.118. The van der Waals surface area contributed by atoms with Crippen LogP contribution < -0.4 is 10.4 Å². The van der Waals surface area contributed by atoms with Crippen molar-refractivity contribution in [3.05, 3.63) is 75.8 Å². The van der Waals surface area contributed by atoms with Crippen LogP contribution in [0.3, 0.4) is 0 Å². The molecule has 3 rings (SSSR count). The van der Waals surface area contributed by atoms with E-state index in [1.807, 2.05) is 42.5 Å². The maximum absolute atomic E-state index is 12.5. The van der Waals surface area contributed by atoms with Gasteiger partial charge in [-0.15, -0.1) is 0 Å². The van der Waals surface area contributed by atoms with Crippen LogP contribution in [-0.2, 0) is 11.2 Å². The fourth-order valence-electron chi connectivity index (χ4n) is 2.29. The maximum atomic E-state index is 12.5. The molecule has 22 heavy (non-hydrogen) atoms. The Labute approximate surface area is 138 Å². The summed E-state index contributed by atoms with van der Waals surface area (Å²) in [5.74, 6) is -0.491. The van der Waals surface area contributed by atoms with E-state index >= 15 is 0 Å². The SMILES string of the molecule is O=C1N[C@H](Cc2ccccc2)C([O-])=C1Sc1ccccc1Cl. The molecule has 0 aromatic heterocycles. The Kier molecular flexibility index (Phi) is 4.41. The van der Waals surface area contributed by atoms with Gasteiger partial charge in [-0.05, 0) is 24.1 Å². The molecule has 1 aliphatic heterocycles. The van der Waals surface area contributed by atoms with Crippen molar-refractivity contribution in [3.8, 4) is 0 Å². The van der Waals surface area contributed by atoms with Crippen molar-refractivity contribution < 1.29 is 9.90 Å². The van der Waals surface area contributed by atoms with Gasteiger partial charge in [0.1, 0.15) is 0 Å². The van der Waals surface area contributed by atoms with Crippen LogP contribution in [0.2, 0.25) is 5.02 Å². The Morgan fingerprint density at radius 3 is 2.50 bits per heavy atom. The van der Waals surface area contributed by atoms with Gasteiger partial charge in [-0.25, -0.2) is 0 Å². The lowest BCUT2D eigenvalue weighted by Crippen LogP contribution is -2.33. The van der Waals surface area contributed by atoms with E-state index in [1.165, 1.54) is 0 Å². The van der Waals surface area contributed by atoms with Crippen LogP contribution in [0.25, 0.3) is 0 Å². The summed E-state index contributed by atoms with van der Waals surface area (Å²) in [5.41, 5.74) is 1.02. The Bertz CT molecular complexity index is 730. The van der Waals surface area contributed by atoms with E-state index < -0.39 is 6.04 Å². The second-order valence-electron chi connectivity index (χ2n) is 4.94. The first-order valence-electron chi connectivity index (χ1n) is 6.83. The number of nitrogens with one attached hydrogen (secondary N) is 1. The van der Waals surface area contributed by atoms with E-state index in [2.05, 4.69) is 5.32 Å². The predicted octanol–water partition coefficient (Wildman–Crippen LogP) is 2.75. The van der Waals surface area contributed by atoms with Crippen LogP contribution in [0.5, 0.6) is 0 Å². The Balaban J connectivity index is 1.81. The molecule has 0 bridgehead atoms. The fourth-order valence-corrected chi connectivity index (χ4v) is 3.47. The van der Waals surface area contributed by atoms with Gasteiger partial charge in [-0.2, -0.15) is 0 Å². The third-order valence-electron chi connectivity index (χ3n) is 3.38. The standard InChI is InChI=1S/C17H14ClNO2S/c18-12-8-4-5-9-14(12)22-16-15(20)13(19-17(16)21)10-11-6-2-1-3-7-11/h1-9,13,20H,10H2,(H,19,21)/p-1/t13-/m1/s1. The number of hydrogen-bond donors (Lipinski definition) is 1. The van der Waals surface area contributed by atoms with E-state index in [4.69, 9.17) is 11.6 Å². The molecule has 1 heterocycles. The number of benzene rings is 2. The molecule has 2 aromatic carbocycles. The first-order valence-corrected chi connectivity index (χ1v) is 8.03. The number of halogens is 1. The number of hydrogen-bond acceptors (Lipinski definition) is 3. The minimum atomic E-state index is -0.500. The van der Waals surface area contributed by atoms with E-state index in [0.29, 0.717) is 16.3 Å². The van der Waals surface area contributed by atoms with Crippen molar-refractivity contribution in [1.82, 2.24) is 5.32 Å². The van der Waals surface area contributed by atoms with Gasteiger partial charge in [-0.1, -0.05) is 71.6 Å². The van der Waals surface area contributed by atoms with Gasteiger partial charge in [0.2, 0.25) is 0 Å². The number of rotatable bonds is 4. The zero-order chi connectivity index (χ0) is 15.5. The summed E-state index contributed by atoms with van der Waals surface area (Å²) in [6.45, 7) is 0. The highest BCUT2D eigenvalue weighted by atomic mass is 35.5. The molecule has 112 valence electrons. The monoisotopic (exact) mass is 330 g/mol. The van der Waals surface area contributed by atoms with Crippen molar-refractivity contribution in [2.75, 3.05) is 0 Å². The van der Waals surface area contributed by atoms with Gasteiger partial charge in [0.25, 0.3) is 5.91 Å². The molecule has 1 N–H and O–H groups in total. The first kappa shape index (κ1) is 15.0. The number of carbonyl (C=O) groups is 1. The van der Waals surface area contributed by atoms with Crippen molar-refractivity contribution in [2.45, 2.75) is 17.4 Å². The van der Waals surface area contributed by atoms with Crippen LogP contribution in [-0.4, -0.2) is 11.9 Å². The molecular formula is C17H13ClNO2S-. The highest BCUT2D eigenvalue weighted by molar-refractivity contribution is 8.04. The summed E-state index contributed by atoms with van der Waals surface area (Å²) >= 11 is 7.22. The largest absolute Gasteiger partial charge is 0.873 e. The summed E-state index contributed by atoms with van der Waals surface area (Å²) in [4.78, 5) is 13.0. The average Bonchev–Trinajstić information content (AvgIpc) is 2.78. The summed E-state index contributed by atoms with van der Waals surface area (Å²) in [7, 11) is 0. The van der Waals surface area contributed by atoms with Gasteiger partial charge in [0.05, 0.1) is 9.93 Å². The van der Waals surface area contributed by atoms with E-state index in [-0.39, 0.29) is 16.6 Å². The Hall–Kier alpha value is -1.91. The van der Waals surface area contributed by atoms with Crippen molar-refractivity contribution >= 4 is 29.3 Å². The quantitative estimate of drug-likeness (QED) is 0.937. The third kappa shape index (κ3) is 3.13. The number of carbonyl (C=O) groups excluding carboxylic acids is 1. The van der Waals surface area contributed by atoms with E-state index in [1.54, 1.807) is 12.1 Å². The molecule has 2 aromatic rings. The number of amides is 1. The molecule has 0 unspecified atom stereocenters. The minimum Gasteiger partial charge on any atom is -0.873 e. The molecular weight excluding hydrogens is 318 g/mol. The molecule has 1 atom stereocenters. The van der Waals surface area contributed by atoms with Crippen LogP contribution in [0.4, 0.5) is 0 Å². The highest BCUT2D eigenvalue weighted by Crippen LogP contribution is 2.36. The summed E-state index contributed by atoms with van der Waals surface area (Å²) in [6, 6.07) is 16.3. The van der Waals surface area contributed by atoms with Gasteiger partial charge in [0.15, 0.2) is 0 Å². The van der Waals surface area contributed by atoms with Crippen LogP contribution >= 0.6 is 23.4 Å². The minimum absolute atomic E-state index is 0.168. The second kappa shape index (κ2) is 6.46. The molecule has 1 aliphatic rings. The normalized spacial score (nSPS) is 17.7. The summed E-state index contributed by atoms with van der Waals surface area (Å²) in [6.07, 6.45) is 0.498. The van der Waals surface area contributed by atoms with E-state index in [0.717, 1.165) is 17.3 Å². The van der Waals surface area contributed by atoms with Crippen molar-refractivity contribution in [2.24, 2.45) is 0 Å². The lowest BCUT2D eigenvalue weighted by atomic mass is 10.1. The van der Waals surface area contributed by atoms with Gasteiger partial charge >= 0.3 is 0 Å². The molecule has 3 nitrogen and oxygen atoms in total. The molecule has 0 saturated carbocycles. The predicted molar refractivity (Wildman–Crippen MR) is 86.4 cm³/mol. The molecule has 0 spiro atoms. The molecule has 5 heteroatoms. The highest BCUT2D eigenvalue weighted by Gasteiger charge is 2.27. The topological polar surface area (TPSA) is 52.2 Å². The Morgan fingerprint density at radius 1 is 1.09 bits per heavy atom. The third-order valence-corrected chi connectivity index (χ3v) is 4.99. The molecule has 0 aliphatic carbocycles. The van der Waals surface area contributed by atoms with Gasteiger partial charge in [-0.3, -0.25) is 4.79 Å². The zero-order valence-electron chi connectivity index (χ0n) is 11.6. The van der Waals surface area contributed by atoms with Gasteiger partial charge in [0, 0.05) is 10.9 Å². The maximum Gasteiger partial charge on any atom is 0.257 e. The van der Waals surface area contributed by atoms with Gasteiger partial charge < -0.3 is 10.4 Å². The van der Waals surface area contributed by atoms with E-state index in [9.17, 15) is 9.90 Å². The summed E-state index contributed by atoms with van der Waals surface area (Å²) < 4.78 is 0. The molecule has 0 fully saturated rings. The average molecular weight is 331 g/mol. The molecule has 1 amide bonds. The zero-order valence-corrected chi connectivity index (χ0v) is 13.2. The molecule has 0 saturated heterocycles. The number of thioether (sulfide) groups is 1. The lowest BCUT2D eigenvalue weighted by Gasteiger charge is -2.19. The summed E-state index contributed by atoms with van der Waals surface area (Å²) in [5, 5.41) is 15.7. The Morgan fingerprint density at radius 2 is 1.77 bits per heavy atom. The smallest absolute Gasteiger partial charge is 0.257 e. The van der Waals surface area contributed by atoms with Crippen LogP contribution in [0, 0.1) is 0 Å².